The van der Waals surface area contributed by atoms with E-state index in [0.29, 0.717) is 12.2 Å². The van der Waals surface area contributed by atoms with Crippen molar-refractivity contribution in [3.8, 4) is 5.75 Å². The molecule has 0 saturated carbocycles. The average molecular weight is 391 g/mol. The number of nitrogens with zero attached hydrogens (tertiary/aromatic N) is 2. The first kappa shape index (κ1) is 20.0. The smallest absolute Gasteiger partial charge is 0.322 e. The van der Waals surface area contributed by atoms with Gasteiger partial charge in [-0.25, -0.2) is 9.97 Å². The number of hydrogen-bond acceptors (Lipinski definition) is 5. The molecule has 7 heteroatoms. The highest BCUT2D eigenvalue weighted by Gasteiger charge is 2.18. The number of aromatic hydroxyl groups is 1. The summed E-state index contributed by atoms with van der Waals surface area (Å²) in [6.45, 7) is 1.01. The summed E-state index contributed by atoms with van der Waals surface area (Å²) < 4.78 is 0. The fourth-order valence-electron chi connectivity index (χ4n) is 2.89. The van der Waals surface area contributed by atoms with Gasteiger partial charge in [0.05, 0.1) is 5.69 Å². The number of aryl methyl sites for hydroxylation is 1. The highest BCUT2D eigenvalue weighted by atomic mass is 16.4. The summed E-state index contributed by atoms with van der Waals surface area (Å²) in [6, 6.07) is 18.2. The van der Waals surface area contributed by atoms with Crippen molar-refractivity contribution >= 4 is 11.9 Å². The lowest BCUT2D eigenvalue weighted by Crippen LogP contribution is -2.30. The number of aliphatic carboxylic acids is 1. The van der Waals surface area contributed by atoms with Crippen LogP contribution in [0.25, 0.3) is 0 Å². The molecular formula is C22H21N3O4. The number of carbonyl (C=O) groups is 2. The van der Waals surface area contributed by atoms with Crippen molar-refractivity contribution in [3.63, 3.8) is 0 Å². The van der Waals surface area contributed by atoms with Gasteiger partial charge in [-0.15, -0.1) is 0 Å². The van der Waals surface area contributed by atoms with E-state index in [2.05, 4.69) is 27.4 Å². The maximum Gasteiger partial charge on any atom is 0.322 e. The molecule has 0 fully saturated rings. The molecule has 148 valence electrons. The first-order valence-electron chi connectivity index (χ1n) is 9.10. The molecule has 0 aliphatic rings. The first-order valence-corrected chi connectivity index (χ1v) is 9.10. The van der Waals surface area contributed by atoms with Crippen LogP contribution in [-0.4, -0.2) is 38.6 Å². The lowest BCUT2D eigenvalue weighted by molar-refractivity contribution is -0.135. The van der Waals surface area contributed by atoms with Gasteiger partial charge in [-0.05, 0) is 30.0 Å². The minimum Gasteiger partial charge on any atom is -0.504 e. The Bertz CT molecular complexity index is 1020. The summed E-state index contributed by atoms with van der Waals surface area (Å²) in [4.78, 5) is 31.1. The molecule has 0 saturated heterocycles. The predicted molar refractivity (Wildman–Crippen MR) is 107 cm³/mol. The average Bonchev–Trinajstić information content (AvgIpc) is 2.71. The monoisotopic (exact) mass is 391 g/mol. The molecule has 2 aromatic carbocycles. The predicted octanol–water partition coefficient (Wildman–Crippen LogP) is 2.49. The van der Waals surface area contributed by atoms with Gasteiger partial charge in [0, 0.05) is 6.42 Å². The van der Waals surface area contributed by atoms with Crippen LogP contribution in [0.2, 0.25) is 0 Å². The van der Waals surface area contributed by atoms with Crippen LogP contribution >= 0.6 is 0 Å². The molecule has 0 atom stereocenters. The maximum atomic E-state index is 12.1. The molecule has 3 rings (SSSR count). The molecule has 0 aliphatic heterocycles. The van der Waals surface area contributed by atoms with Crippen LogP contribution in [-0.2, 0) is 17.6 Å². The van der Waals surface area contributed by atoms with Crippen LogP contribution < -0.4 is 5.32 Å². The third kappa shape index (κ3) is 5.38. The van der Waals surface area contributed by atoms with E-state index in [1.807, 2.05) is 42.5 Å². The number of carboxylic acids is 1. The van der Waals surface area contributed by atoms with Gasteiger partial charge in [0.1, 0.15) is 12.4 Å². The molecule has 7 nitrogen and oxygen atoms in total. The molecule has 0 unspecified atom stereocenters. The largest absolute Gasteiger partial charge is 0.504 e. The summed E-state index contributed by atoms with van der Waals surface area (Å²) in [5.41, 5.74) is 3.40. The van der Waals surface area contributed by atoms with Crippen molar-refractivity contribution in [2.24, 2.45) is 0 Å². The minimum atomic E-state index is -1.18. The van der Waals surface area contributed by atoms with Gasteiger partial charge in [0.15, 0.2) is 11.4 Å². The van der Waals surface area contributed by atoms with Crippen molar-refractivity contribution in [2.45, 2.75) is 19.8 Å². The number of hydrogen-bond donors (Lipinski definition) is 3. The van der Waals surface area contributed by atoms with Crippen molar-refractivity contribution in [3.05, 3.63) is 88.5 Å². The van der Waals surface area contributed by atoms with Crippen LogP contribution in [0.1, 0.15) is 38.7 Å². The van der Waals surface area contributed by atoms with E-state index in [1.165, 1.54) is 11.1 Å². The summed E-state index contributed by atoms with van der Waals surface area (Å²) >= 11 is 0. The van der Waals surface area contributed by atoms with E-state index < -0.39 is 18.4 Å². The van der Waals surface area contributed by atoms with Crippen molar-refractivity contribution < 1.29 is 19.8 Å². The van der Waals surface area contributed by atoms with Gasteiger partial charge in [-0.3, -0.25) is 9.59 Å². The SMILES string of the molecule is Cc1nc(Cc2ccc(Cc3ccccc3)cc2)nc(C(=O)NCC(=O)O)c1O. The molecule has 0 bridgehead atoms. The second kappa shape index (κ2) is 8.97. The van der Waals surface area contributed by atoms with E-state index in [0.717, 1.165) is 12.0 Å². The molecule has 1 heterocycles. The standard InChI is InChI=1S/C22H21N3O4/c1-14-21(28)20(22(29)23-13-19(26)27)25-18(24-14)12-17-9-7-16(8-10-17)11-15-5-3-2-4-6-15/h2-10,28H,11-13H2,1H3,(H,23,29)(H,26,27). The van der Waals surface area contributed by atoms with E-state index in [4.69, 9.17) is 5.11 Å². The van der Waals surface area contributed by atoms with Gasteiger partial charge in [-0.1, -0.05) is 54.6 Å². The normalized spacial score (nSPS) is 10.5. The fourth-order valence-corrected chi connectivity index (χ4v) is 2.89. The molecule has 1 amide bonds. The summed E-state index contributed by atoms with van der Waals surface area (Å²) in [5, 5.41) is 21.0. The van der Waals surface area contributed by atoms with Gasteiger partial charge in [0.25, 0.3) is 5.91 Å². The zero-order valence-corrected chi connectivity index (χ0v) is 15.9. The molecule has 0 spiro atoms. The lowest BCUT2D eigenvalue weighted by atomic mass is 10.0. The highest BCUT2D eigenvalue weighted by molar-refractivity contribution is 5.96. The second-order valence-corrected chi connectivity index (χ2v) is 6.65. The van der Waals surface area contributed by atoms with Crippen molar-refractivity contribution in [2.75, 3.05) is 6.54 Å². The summed E-state index contributed by atoms with van der Waals surface area (Å²) in [7, 11) is 0. The van der Waals surface area contributed by atoms with E-state index in [-0.39, 0.29) is 17.1 Å². The van der Waals surface area contributed by atoms with Gasteiger partial charge in [-0.2, -0.15) is 0 Å². The Labute approximate surface area is 168 Å². The highest BCUT2D eigenvalue weighted by Crippen LogP contribution is 2.20. The van der Waals surface area contributed by atoms with Crippen LogP contribution in [0, 0.1) is 6.92 Å². The quantitative estimate of drug-likeness (QED) is 0.570. The third-order valence-corrected chi connectivity index (χ3v) is 4.36. The topological polar surface area (TPSA) is 112 Å². The molecule has 3 aromatic rings. The fraction of sp³-hybridized carbons (Fsp3) is 0.182. The first-order chi connectivity index (χ1) is 13.9. The Morgan fingerprint density at radius 2 is 1.48 bits per heavy atom. The van der Waals surface area contributed by atoms with Gasteiger partial charge < -0.3 is 15.5 Å². The number of benzene rings is 2. The van der Waals surface area contributed by atoms with E-state index in [1.54, 1.807) is 6.92 Å². The zero-order valence-electron chi connectivity index (χ0n) is 15.9. The number of carboxylic acid groups (broad SMARTS) is 1. The number of nitrogens with one attached hydrogen (secondary N) is 1. The van der Waals surface area contributed by atoms with Gasteiger partial charge in [0.2, 0.25) is 0 Å². The van der Waals surface area contributed by atoms with Crippen LogP contribution in [0.4, 0.5) is 0 Å². The van der Waals surface area contributed by atoms with Crippen LogP contribution in [0.15, 0.2) is 54.6 Å². The Morgan fingerprint density at radius 3 is 2.10 bits per heavy atom. The van der Waals surface area contributed by atoms with E-state index in [9.17, 15) is 14.7 Å². The van der Waals surface area contributed by atoms with Crippen LogP contribution in [0.5, 0.6) is 5.75 Å². The number of amides is 1. The Morgan fingerprint density at radius 1 is 0.897 bits per heavy atom. The van der Waals surface area contributed by atoms with E-state index >= 15 is 0 Å². The zero-order chi connectivity index (χ0) is 20.8. The maximum absolute atomic E-state index is 12.1. The molecule has 1 aromatic heterocycles. The summed E-state index contributed by atoms with van der Waals surface area (Å²) in [5.74, 6) is -1.92. The van der Waals surface area contributed by atoms with Crippen molar-refractivity contribution in [1.29, 1.82) is 0 Å². The van der Waals surface area contributed by atoms with Crippen molar-refractivity contribution in [1.82, 2.24) is 15.3 Å². The Balaban J connectivity index is 1.74. The molecular weight excluding hydrogens is 370 g/mol. The number of rotatable bonds is 7. The van der Waals surface area contributed by atoms with Crippen LogP contribution in [0.3, 0.4) is 0 Å². The van der Waals surface area contributed by atoms with Gasteiger partial charge >= 0.3 is 5.97 Å². The molecule has 0 radical (unpaired) electrons. The minimum absolute atomic E-state index is 0.227. The summed E-state index contributed by atoms with van der Waals surface area (Å²) in [6.07, 6.45) is 1.22. The Kier molecular flexibility index (Phi) is 6.19. The second-order valence-electron chi connectivity index (χ2n) is 6.65. The molecule has 3 N–H and O–H groups in total. The molecule has 0 aliphatic carbocycles. The number of carbonyl (C=O) groups excluding carboxylic acids is 1. The molecule has 29 heavy (non-hydrogen) atoms. The number of aromatic nitrogens is 2. The lowest BCUT2D eigenvalue weighted by Gasteiger charge is -2.09. The Hall–Kier alpha value is -3.74. The third-order valence-electron chi connectivity index (χ3n) is 4.36.